The zero-order valence-corrected chi connectivity index (χ0v) is 26.1. The molecular weight excluding hydrogens is 587 g/mol. The number of nitrogens with two attached hydrogens (primary N) is 1. The van der Waals surface area contributed by atoms with Crippen LogP contribution >= 0.6 is 0 Å². The number of nitrogen functional groups attached to an aromatic ring is 1. The minimum atomic E-state index is -0.873. The van der Waals surface area contributed by atoms with E-state index in [2.05, 4.69) is 27.3 Å². The Bertz CT molecular complexity index is 1920. The molecule has 5 unspecified atom stereocenters. The summed E-state index contributed by atoms with van der Waals surface area (Å²) in [5.41, 5.74) is 12.2. The van der Waals surface area contributed by atoms with Gasteiger partial charge in [-0.3, -0.25) is 9.58 Å². The number of hydrogen-bond donors (Lipinski definition) is 2. The number of aromatic nitrogens is 4. The number of likely N-dealkylation sites (tertiary alicyclic amines) is 1. The molecule has 3 saturated heterocycles. The highest BCUT2D eigenvalue weighted by Crippen LogP contribution is 2.54. The number of alkyl halides is 1. The number of ether oxygens (including phenoxy) is 2. The van der Waals surface area contributed by atoms with Gasteiger partial charge in [-0.1, -0.05) is 11.2 Å². The van der Waals surface area contributed by atoms with E-state index in [1.165, 1.54) is 0 Å². The van der Waals surface area contributed by atoms with E-state index in [0.29, 0.717) is 54.7 Å². The number of nitriles is 1. The van der Waals surface area contributed by atoms with Crippen LogP contribution in [0, 0.1) is 11.3 Å². The summed E-state index contributed by atoms with van der Waals surface area (Å²) in [4.78, 5) is 7.10. The molecule has 2 spiro atoms. The lowest BCUT2D eigenvalue weighted by molar-refractivity contribution is -0.139. The van der Waals surface area contributed by atoms with Crippen LogP contribution in [0.2, 0.25) is 0 Å². The summed E-state index contributed by atoms with van der Waals surface area (Å²) in [5, 5.41) is 24.0. The zero-order valence-electron chi connectivity index (χ0n) is 26.1. The molecule has 0 amide bonds. The molecule has 4 aromatic rings. The maximum absolute atomic E-state index is 14.3. The van der Waals surface area contributed by atoms with Crippen molar-refractivity contribution in [3.63, 3.8) is 0 Å². The quantitative estimate of drug-likeness (QED) is 0.315. The van der Waals surface area contributed by atoms with Gasteiger partial charge in [0.15, 0.2) is 5.76 Å². The number of nitrogens with one attached hydrogen (secondary N) is 1. The van der Waals surface area contributed by atoms with Crippen LogP contribution < -0.4 is 15.8 Å². The van der Waals surface area contributed by atoms with Gasteiger partial charge in [0.1, 0.15) is 24.0 Å². The van der Waals surface area contributed by atoms with Crippen LogP contribution in [0.5, 0.6) is 5.88 Å². The van der Waals surface area contributed by atoms with Crippen LogP contribution in [0.15, 0.2) is 28.9 Å². The van der Waals surface area contributed by atoms with Crippen LogP contribution in [-0.4, -0.2) is 82.0 Å². The van der Waals surface area contributed by atoms with Gasteiger partial charge in [0.25, 0.3) is 0 Å². The first kappa shape index (κ1) is 28.2. The Morgan fingerprint density at radius 1 is 1.26 bits per heavy atom. The van der Waals surface area contributed by atoms with E-state index in [-0.39, 0.29) is 23.7 Å². The molecule has 1 aromatic carbocycles. The predicted molar refractivity (Wildman–Crippen MR) is 167 cm³/mol. The number of fused-ring (bicyclic) bond motifs is 5. The van der Waals surface area contributed by atoms with E-state index < -0.39 is 11.6 Å². The molecule has 3 fully saturated rings. The molecule has 46 heavy (non-hydrogen) atoms. The van der Waals surface area contributed by atoms with E-state index >= 15 is 0 Å². The molecule has 12 heteroatoms. The number of halogens is 1. The first-order valence-electron chi connectivity index (χ1n) is 16.4. The summed E-state index contributed by atoms with van der Waals surface area (Å²) in [6.07, 6.45) is 5.37. The molecular formula is C34H37FN8O3. The minimum absolute atomic E-state index is 0.0688. The summed E-state index contributed by atoms with van der Waals surface area (Å²) < 4.78 is 34.9. The number of aryl methyl sites for hydroxylation is 1. The average molecular weight is 625 g/mol. The highest BCUT2D eigenvalue weighted by Gasteiger charge is 2.54. The SMILES string of the molecule is CC(Oc1nc(-c2noc3c2CCCC32CCc3ccc(N)c(C#N)c32)cc2c1cnn2C1CNC12COC2)C1CC(F)CN1C. The fourth-order valence-electron chi connectivity index (χ4n) is 8.95. The van der Waals surface area contributed by atoms with Crippen molar-refractivity contribution in [2.24, 2.45) is 0 Å². The predicted octanol–water partition coefficient (Wildman–Crippen LogP) is 3.83. The third-order valence-corrected chi connectivity index (χ3v) is 11.5. The largest absolute Gasteiger partial charge is 0.472 e. The summed E-state index contributed by atoms with van der Waals surface area (Å²) in [7, 11) is 1.94. The molecule has 3 aromatic heterocycles. The number of nitrogens with zero attached hydrogens (tertiary/aromatic N) is 6. The van der Waals surface area contributed by atoms with Crippen molar-refractivity contribution in [2.75, 3.05) is 39.1 Å². The van der Waals surface area contributed by atoms with Crippen LogP contribution in [-0.2, 0) is 23.0 Å². The van der Waals surface area contributed by atoms with Crippen LogP contribution in [0.3, 0.4) is 0 Å². The number of pyridine rings is 1. The number of benzene rings is 1. The lowest BCUT2D eigenvalue weighted by Gasteiger charge is -2.55. The molecule has 11 nitrogen and oxygen atoms in total. The first-order chi connectivity index (χ1) is 22.3. The van der Waals surface area contributed by atoms with Crippen LogP contribution in [0.1, 0.15) is 66.7 Å². The summed E-state index contributed by atoms with van der Waals surface area (Å²) in [6, 6.07) is 8.38. The molecule has 6 heterocycles. The summed E-state index contributed by atoms with van der Waals surface area (Å²) >= 11 is 0. The average Bonchev–Trinajstić information content (AvgIpc) is 3.78. The first-order valence-corrected chi connectivity index (χ1v) is 16.4. The van der Waals surface area contributed by atoms with Gasteiger partial charge >= 0.3 is 0 Å². The summed E-state index contributed by atoms with van der Waals surface area (Å²) in [6.45, 7) is 4.46. The molecule has 9 rings (SSSR count). The van der Waals surface area contributed by atoms with Gasteiger partial charge in [0.2, 0.25) is 5.88 Å². The third-order valence-electron chi connectivity index (χ3n) is 11.5. The fourth-order valence-corrected chi connectivity index (χ4v) is 8.95. The maximum atomic E-state index is 14.3. The number of hydrogen-bond acceptors (Lipinski definition) is 10. The molecule has 0 radical (unpaired) electrons. The monoisotopic (exact) mass is 624 g/mol. The molecule has 3 N–H and O–H groups in total. The van der Waals surface area contributed by atoms with Gasteiger partial charge < -0.3 is 25.0 Å². The van der Waals surface area contributed by atoms with E-state index in [4.69, 9.17) is 29.8 Å². The van der Waals surface area contributed by atoms with Gasteiger partial charge in [0, 0.05) is 30.4 Å². The number of likely N-dealkylation sites (N-methyl/N-ethyl adjacent to an activating group) is 1. The molecule has 2 aliphatic carbocycles. The normalized spacial score (nSPS) is 28.5. The Balaban J connectivity index is 1.17. The van der Waals surface area contributed by atoms with Crippen molar-refractivity contribution in [3.05, 3.63) is 52.4 Å². The van der Waals surface area contributed by atoms with Crippen molar-refractivity contribution in [2.45, 2.75) is 80.8 Å². The van der Waals surface area contributed by atoms with Crippen molar-refractivity contribution < 1.29 is 18.4 Å². The molecule has 0 bridgehead atoms. The lowest BCUT2D eigenvalue weighted by atomic mass is 9.68. The highest BCUT2D eigenvalue weighted by atomic mass is 19.1. The van der Waals surface area contributed by atoms with E-state index in [1.54, 1.807) is 0 Å². The Hall–Kier alpha value is -4.05. The van der Waals surface area contributed by atoms with Gasteiger partial charge in [-0.25, -0.2) is 9.37 Å². The topological polar surface area (TPSA) is 140 Å². The van der Waals surface area contributed by atoms with Crippen molar-refractivity contribution in [1.82, 2.24) is 30.1 Å². The number of anilines is 1. The highest BCUT2D eigenvalue weighted by molar-refractivity contribution is 5.87. The van der Waals surface area contributed by atoms with E-state index in [0.717, 1.165) is 72.0 Å². The van der Waals surface area contributed by atoms with Crippen molar-refractivity contribution >= 4 is 16.6 Å². The van der Waals surface area contributed by atoms with Gasteiger partial charge in [-0.2, -0.15) is 10.4 Å². The maximum Gasteiger partial charge on any atom is 0.225 e. The molecule has 5 atom stereocenters. The smallest absolute Gasteiger partial charge is 0.225 e. The van der Waals surface area contributed by atoms with Crippen molar-refractivity contribution in [3.8, 4) is 23.3 Å². The van der Waals surface area contributed by atoms with Crippen LogP contribution in [0.25, 0.3) is 22.3 Å². The Labute approximate surface area is 265 Å². The van der Waals surface area contributed by atoms with E-state index in [9.17, 15) is 9.65 Å². The third kappa shape index (κ3) is 3.82. The lowest BCUT2D eigenvalue weighted by Crippen LogP contribution is -2.75. The van der Waals surface area contributed by atoms with Crippen LogP contribution in [0.4, 0.5) is 10.1 Å². The molecule has 238 valence electrons. The zero-order chi connectivity index (χ0) is 31.4. The summed E-state index contributed by atoms with van der Waals surface area (Å²) in [5.74, 6) is 1.28. The molecule has 5 aliphatic rings. The second kappa shape index (κ2) is 9.97. The molecule has 3 aliphatic heterocycles. The van der Waals surface area contributed by atoms with Gasteiger partial charge in [-0.15, -0.1) is 0 Å². The van der Waals surface area contributed by atoms with Gasteiger partial charge in [-0.05, 0) is 75.8 Å². The Kier molecular flexibility index (Phi) is 6.11. The standard InChI is InChI=1S/C34H37FN8O3/c1-18(26-10-20(35)15-42(26)2)45-32-23-13-39-43(28-14-38-34(28)16-44-17-34)27(23)11-25(40-32)30-21-4-3-8-33(31(21)46-41-30)9-7-19-5-6-24(37)22(12-36)29(19)33/h5-6,11,13,18,20,26,28,38H,3-4,7-10,14-17,37H2,1-2H3. The second-order valence-corrected chi connectivity index (χ2v) is 14.0. The molecule has 0 saturated carbocycles. The fraction of sp³-hybridized carbons (Fsp3) is 0.529. The Morgan fingerprint density at radius 2 is 2.13 bits per heavy atom. The van der Waals surface area contributed by atoms with E-state index in [1.807, 2.05) is 37.2 Å². The Morgan fingerprint density at radius 3 is 2.85 bits per heavy atom. The minimum Gasteiger partial charge on any atom is -0.472 e. The van der Waals surface area contributed by atoms with Gasteiger partial charge in [0.05, 0.1) is 58.6 Å². The second-order valence-electron chi connectivity index (χ2n) is 14.0. The van der Waals surface area contributed by atoms with Crippen molar-refractivity contribution in [1.29, 1.82) is 5.26 Å². The number of rotatable bonds is 5.